The molecule has 3 unspecified atom stereocenters. The first kappa shape index (κ1) is 37.7. The standard InChI is InChI=1S/C28H48NO10P/c1-3-4-5-6-7-8-9-10-11-12-13-14-15-16-17-18-19-20-27(32)37-21-25(31)22-38-40(35,36)39-23-26(28(33)34)29-24(2)30/h4-5,7-8,10-11,25-26,31H,3,6,9,12-23H2,1-2H3,(H,29,30)(H,33,34)(H,35,36)/b5-4-,8-7-,11-10-. The number of phosphoric acid groups is 1. The van der Waals surface area contributed by atoms with E-state index in [0.717, 1.165) is 58.3 Å². The van der Waals surface area contributed by atoms with E-state index in [1.807, 2.05) is 5.32 Å². The summed E-state index contributed by atoms with van der Waals surface area (Å²) in [6.45, 7) is 1.29. The molecule has 0 radical (unpaired) electrons. The van der Waals surface area contributed by atoms with E-state index in [9.17, 15) is 28.9 Å². The number of esters is 1. The van der Waals surface area contributed by atoms with Crippen LogP contribution in [0.5, 0.6) is 0 Å². The Morgan fingerprint density at radius 1 is 0.825 bits per heavy atom. The lowest BCUT2D eigenvalue weighted by Crippen LogP contribution is -2.42. The number of amides is 1. The maximum atomic E-state index is 11.8. The summed E-state index contributed by atoms with van der Waals surface area (Å²) in [5, 5.41) is 20.8. The van der Waals surface area contributed by atoms with Crippen molar-refractivity contribution in [3.63, 3.8) is 0 Å². The molecule has 0 aliphatic carbocycles. The van der Waals surface area contributed by atoms with Gasteiger partial charge in [0.05, 0.1) is 13.2 Å². The highest BCUT2D eigenvalue weighted by molar-refractivity contribution is 7.47. The van der Waals surface area contributed by atoms with E-state index >= 15 is 0 Å². The molecule has 0 fully saturated rings. The number of carbonyl (C=O) groups excluding carboxylic acids is 2. The van der Waals surface area contributed by atoms with Gasteiger partial charge < -0.3 is 25.2 Å². The summed E-state index contributed by atoms with van der Waals surface area (Å²) in [5.41, 5.74) is 0. The number of rotatable bonds is 25. The number of ether oxygens (including phenoxy) is 1. The Morgan fingerprint density at radius 2 is 1.38 bits per heavy atom. The van der Waals surface area contributed by atoms with Crippen LogP contribution in [0.2, 0.25) is 0 Å². The number of hydrogen-bond donors (Lipinski definition) is 4. The number of carboxylic acid groups (broad SMARTS) is 1. The molecule has 0 rings (SSSR count). The van der Waals surface area contributed by atoms with Crippen molar-refractivity contribution in [2.24, 2.45) is 0 Å². The summed E-state index contributed by atoms with van der Waals surface area (Å²) in [5.74, 6) is -2.61. The number of unbranched alkanes of at least 4 members (excludes halogenated alkanes) is 7. The van der Waals surface area contributed by atoms with Crippen LogP contribution < -0.4 is 5.32 Å². The molecule has 3 atom stereocenters. The van der Waals surface area contributed by atoms with Crippen LogP contribution in [0.25, 0.3) is 0 Å². The van der Waals surface area contributed by atoms with E-state index in [0.29, 0.717) is 6.42 Å². The molecule has 230 valence electrons. The van der Waals surface area contributed by atoms with Crippen LogP contribution in [-0.4, -0.2) is 64.9 Å². The summed E-state index contributed by atoms with van der Waals surface area (Å²) in [6, 6.07) is -1.55. The van der Waals surface area contributed by atoms with E-state index < -0.39 is 57.6 Å². The van der Waals surface area contributed by atoms with Crippen LogP contribution in [0, 0.1) is 0 Å². The zero-order chi connectivity index (χ0) is 30.1. The van der Waals surface area contributed by atoms with Gasteiger partial charge in [0.1, 0.15) is 12.7 Å². The van der Waals surface area contributed by atoms with Crippen molar-refractivity contribution in [2.75, 3.05) is 19.8 Å². The predicted molar refractivity (Wildman–Crippen MR) is 152 cm³/mol. The van der Waals surface area contributed by atoms with Gasteiger partial charge in [-0.3, -0.25) is 18.6 Å². The number of hydrogen-bond acceptors (Lipinski definition) is 8. The first-order valence-corrected chi connectivity index (χ1v) is 15.5. The van der Waals surface area contributed by atoms with E-state index in [1.54, 1.807) is 0 Å². The van der Waals surface area contributed by atoms with Gasteiger partial charge in [-0.1, -0.05) is 75.5 Å². The molecule has 0 aromatic heterocycles. The van der Waals surface area contributed by atoms with E-state index in [2.05, 4.69) is 52.4 Å². The second kappa shape index (κ2) is 24.5. The molecule has 11 nitrogen and oxygen atoms in total. The van der Waals surface area contributed by atoms with Gasteiger partial charge in [0, 0.05) is 13.3 Å². The lowest BCUT2D eigenvalue weighted by atomic mass is 10.1. The van der Waals surface area contributed by atoms with Gasteiger partial charge in [0.2, 0.25) is 5.91 Å². The zero-order valence-corrected chi connectivity index (χ0v) is 24.8. The van der Waals surface area contributed by atoms with Crippen molar-refractivity contribution >= 4 is 25.7 Å². The molecule has 0 aliphatic rings. The van der Waals surface area contributed by atoms with Gasteiger partial charge in [-0.25, -0.2) is 9.36 Å². The van der Waals surface area contributed by atoms with Crippen LogP contribution in [0.1, 0.15) is 90.9 Å². The SMILES string of the molecule is CC/C=C\C/C=C\C/C=C\CCCCCCCCCC(=O)OCC(O)COP(=O)(O)OCC(NC(C)=O)C(=O)O. The van der Waals surface area contributed by atoms with Crippen molar-refractivity contribution < 1.29 is 47.8 Å². The molecule has 0 spiro atoms. The molecule has 0 heterocycles. The molecular weight excluding hydrogens is 541 g/mol. The molecule has 1 amide bonds. The second-order valence-electron chi connectivity index (χ2n) is 9.30. The highest BCUT2D eigenvalue weighted by Gasteiger charge is 2.28. The van der Waals surface area contributed by atoms with Crippen LogP contribution in [0.3, 0.4) is 0 Å². The van der Waals surface area contributed by atoms with Crippen molar-refractivity contribution in [3.05, 3.63) is 36.5 Å². The van der Waals surface area contributed by atoms with Gasteiger partial charge in [0.15, 0.2) is 6.04 Å². The van der Waals surface area contributed by atoms with Crippen LogP contribution in [0.4, 0.5) is 0 Å². The van der Waals surface area contributed by atoms with Gasteiger partial charge in [0.25, 0.3) is 0 Å². The highest BCUT2D eigenvalue weighted by atomic mass is 31.2. The Morgan fingerprint density at radius 3 is 1.98 bits per heavy atom. The van der Waals surface area contributed by atoms with Gasteiger partial charge in [-0.05, 0) is 38.5 Å². The summed E-state index contributed by atoms with van der Waals surface area (Å²) >= 11 is 0. The Balaban J connectivity index is 3.76. The fourth-order valence-electron chi connectivity index (χ4n) is 3.36. The van der Waals surface area contributed by atoms with E-state index in [4.69, 9.17) is 9.84 Å². The Bertz CT molecular complexity index is 843. The normalized spacial score (nSPS) is 14.9. The van der Waals surface area contributed by atoms with Crippen LogP contribution in [0.15, 0.2) is 36.5 Å². The van der Waals surface area contributed by atoms with Gasteiger partial charge >= 0.3 is 19.8 Å². The summed E-state index contributed by atoms with van der Waals surface area (Å²) in [6.07, 6.45) is 23.4. The topological polar surface area (TPSA) is 169 Å². The Hall–Kier alpha value is -2.30. The molecule has 0 aromatic carbocycles. The molecule has 40 heavy (non-hydrogen) atoms. The number of carbonyl (C=O) groups is 3. The Kier molecular flexibility index (Phi) is 23.1. The fraction of sp³-hybridized carbons (Fsp3) is 0.679. The minimum atomic E-state index is -4.70. The van der Waals surface area contributed by atoms with E-state index in [-0.39, 0.29) is 6.42 Å². The minimum Gasteiger partial charge on any atom is -0.480 e. The summed E-state index contributed by atoms with van der Waals surface area (Å²) in [7, 11) is -4.70. The number of phosphoric ester groups is 1. The molecule has 4 N–H and O–H groups in total. The molecule has 0 bridgehead atoms. The summed E-state index contributed by atoms with van der Waals surface area (Å²) in [4.78, 5) is 43.4. The molecule has 0 saturated heterocycles. The quantitative estimate of drug-likeness (QED) is 0.0493. The third kappa shape index (κ3) is 24.7. The monoisotopic (exact) mass is 589 g/mol. The second-order valence-corrected chi connectivity index (χ2v) is 10.7. The number of aliphatic hydroxyl groups is 1. The van der Waals surface area contributed by atoms with Crippen molar-refractivity contribution in [2.45, 2.75) is 103 Å². The molecule has 0 aromatic rings. The molecule has 12 heteroatoms. The molecule has 0 saturated carbocycles. The number of aliphatic carboxylic acids is 1. The fourth-order valence-corrected chi connectivity index (χ4v) is 4.13. The first-order valence-electron chi connectivity index (χ1n) is 14.0. The number of carboxylic acids is 1. The lowest BCUT2D eigenvalue weighted by Gasteiger charge is -2.18. The van der Waals surface area contributed by atoms with E-state index in [1.165, 1.54) is 12.8 Å². The van der Waals surface area contributed by atoms with Gasteiger partial charge in [-0.15, -0.1) is 0 Å². The number of nitrogens with one attached hydrogen (secondary N) is 1. The smallest absolute Gasteiger partial charge is 0.472 e. The zero-order valence-electron chi connectivity index (χ0n) is 23.9. The third-order valence-electron chi connectivity index (χ3n) is 5.48. The highest BCUT2D eigenvalue weighted by Crippen LogP contribution is 2.43. The number of aliphatic hydroxyl groups excluding tert-OH is 1. The maximum Gasteiger partial charge on any atom is 0.472 e. The summed E-state index contributed by atoms with van der Waals surface area (Å²) < 4.78 is 25.9. The van der Waals surface area contributed by atoms with Crippen molar-refractivity contribution in [1.29, 1.82) is 0 Å². The lowest BCUT2D eigenvalue weighted by molar-refractivity contribution is -0.147. The average Bonchev–Trinajstić information content (AvgIpc) is 2.90. The predicted octanol–water partition coefficient (Wildman–Crippen LogP) is 4.98. The molecule has 0 aliphatic heterocycles. The van der Waals surface area contributed by atoms with Crippen molar-refractivity contribution in [1.82, 2.24) is 5.32 Å². The van der Waals surface area contributed by atoms with Crippen LogP contribution >= 0.6 is 7.82 Å². The largest absolute Gasteiger partial charge is 0.480 e. The molecular formula is C28H48NO10P. The maximum absolute atomic E-state index is 11.8. The van der Waals surface area contributed by atoms with Crippen molar-refractivity contribution in [3.8, 4) is 0 Å². The Labute approximate surface area is 238 Å². The minimum absolute atomic E-state index is 0.211. The van der Waals surface area contributed by atoms with Gasteiger partial charge in [-0.2, -0.15) is 0 Å². The van der Waals surface area contributed by atoms with Crippen LogP contribution in [-0.2, 0) is 32.7 Å². The first-order chi connectivity index (χ1) is 19.1. The average molecular weight is 590 g/mol. The third-order valence-corrected chi connectivity index (χ3v) is 6.43. The number of allylic oxidation sites excluding steroid dienone is 6.